The van der Waals surface area contributed by atoms with Crippen molar-refractivity contribution in [2.75, 3.05) is 4.90 Å². The molecular formula is C35H23BrN2O2. The number of imide groups is 1. The first-order chi connectivity index (χ1) is 19.6. The van der Waals surface area contributed by atoms with Gasteiger partial charge in [0.15, 0.2) is 0 Å². The van der Waals surface area contributed by atoms with Crippen LogP contribution in [-0.4, -0.2) is 18.0 Å². The largest absolute Gasteiger partial charge is 0.274 e. The first-order valence-electron chi connectivity index (χ1n) is 13.4. The lowest BCUT2D eigenvalue weighted by molar-refractivity contribution is -0.122. The molecule has 0 radical (unpaired) electrons. The number of benzene rings is 5. The van der Waals surface area contributed by atoms with Crippen LogP contribution in [0.15, 0.2) is 125 Å². The fourth-order valence-corrected chi connectivity index (χ4v) is 7.81. The van der Waals surface area contributed by atoms with Gasteiger partial charge in [-0.15, -0.1) is 0 Å². The summed E-state index contributed by atoms with van der Waals surface area (Å²) in [5.41, 5.74) is 4.85. The Morgan fingerprint density at radius 1 is 0.725 bits per heavy atom. The molecule has 0 unspecified atom stereocenters. The lowest BCUT2D eigenvalue weighted by atomic mass is 9.47. The first-order valence-corrected chi connectivity index (χ1v) is 14.2. The molecule has 0 saturated carbocycles. The van der Waals surface area contributed by atoms with E-state index < -0.39 is 17.3 Å². The van der Waals surface area contributed by atoms with Crippen LogP contribution in [0.5, 0.6) is 0 Å². The van der Waals surface area contributed by atoms with E-state index in [0.717, 1.165) is 43.2 Å². The van der Waals surface area contributed by atoms with Gasteiger partial charge in [-0.25, -0.2) is 4.90 Å². The Labute approximate surface area is 240 Å². The summed E-state index contributed by atoms with van der Waals surface area (Å²) in [6, 6.07) is 38.1. The highest BCUT2D eigenvalue weighted by Gasteiger charge is 2.68. The summed E-state index contributed by atoms with van der Waals surface area (Å²) in [6.07, 6.45) is 1.94. The minimum atomic E-state index is -0.888. The SMILES string of the molecule is O=C1[C@@H]2[C@@H](C(=O)N1c1cccc3ccccc13)C1c3ccccc3C2(C=Nc2cccc(Br)c2)c2ccccc21. The normalized spacial score (nSPS) is 24.4. The lowest BCUT2D eigenvalue weighted by Crippen LogP contribution is -2.54. The third kappa shape index (κ3) is 3.04. The molecule has 5 heteroatoms. The molecule has 2 amide bonds. The van der Waals surface area contributed by atoms with Gasteiger partial charge in [-0.3, -0.25) is 14.6 Å². The van der Waals surface area contributed by atoms with Crippen LogP contribution in [0.2, 0.25) is 0 Å². The van der Waals surface area contributed by atoms with E-state index in [1.165, 1.54) is 4.90 Å². The van der Waals surface area contributed by atoms with Gasteiger partial charge in [0, 0.05) is 22.0 Å². The zero-order valence-electron chi connectivity index (χ0n) is 21.4. The Morgan fingerprint density at radius 2 is 1.38 bits per heavy atom. The van der Waals surface area contributed by atoms with Crippen molar-refractivity contribution in [3.63, 3.8) is 0 Å². The van der Waals surface area contributed by atoms with E-state index in [0.29, 0.717) is 5.69 Å². The molecule has 1 fully saturated rings. The number of halogens is 1. The third-order valence-electron chi connectivity index (χ3n) is 8.92. The molecule has 0 N–H and O–H groups in total. The average molecular weight is 583 g/mol. The summed E-state index contributed by atoms with van der Waals surface area (Å²) in [5, 5.41) is 1.89. The number of hydrogen-bond acceptors (Lipinski definition) is 3. The Kier molecular flexibility index (Phi) is 5.04. The number of fused-ring (bicyclic) bond motifs is 1. The molecule has 9 rings (SSSR count). The standard InChI is InChI=1S/C35H23BrN2O2/c36-22-11-8-12-23(19-22)37-20-35-27-16-5-3-14-25(27)30(26-15-4-6-17-28(26)35)31-32(35)34(40)38(33(31)39)29-18-7-10-21-9-1-2-13-24(21)29/h1-20,30-32H/t30?,31-,32-,35?/m0/s1. The van der Waals surface area contributed by atoms with E-state index in [1.807, 2.05) is 97.2 Å². The van der Waals surface area contributed by atoms with Gasteiger partial charge in [0.25, 0.3) is 0 Å². The minimum absolute atomic E-state index is 0.138. The van der Waals surface area contributed by atoms with Crippen molar-refractivity contribution in [3.05, 3.63) is 142 Å². The van der Waals surface area contributed by atoms with E-state index in [-0.39, 0.29) is 17.7 Å². The molecule has 40 heavy (non-hydrogen) atoms. The highest BCUT2D eigenvalue weighted by molar-refractivity contribution is 9.10. The van der Waals surface area contributed by atoms with Crippen LogP contribution < -0.4 is 4.90 Å². The minimum Gasteiger partial charge on any atom is -0.274 e. The molecule has 2 bridgehead atoms. The molecule has 4 nitrogen and oxygen atoms in total. The predicted octanol–water partition coefficient (Wildman–Crippen LogP) is 7.56. The van der Waals surface area contributed by atoms with Crippen molar-refractivity contribution in [1.82, 2.24) is 0 Å². The fraction of sp³-hybridized carbons (Fsp3) is 0.114. The zero-order valence-corrected chi connectivity index (χ0v) is 23.0. The van der Waals surface area contributed by atoms with Crippen LogP contribution in [0.25, 0.3) is 10.8 Å². The number of anilines is 1. The zero-order chi connectivity index (χ0) is 27.0. The van der Waals surface area contributed by atoms with E-state index in [4.69, 9.17) is 4.99 Å². The van der Waals surface area contributed by atoms with Gasteiger partial charge < -0.3 is 0 Å². The number of carbonyl (C=O) groups is 2. The van der Waals surface area contributed by atoms with Crippen molar-refractivity contribution in [1.29, 1.82) is 0 Å². The molecule has 4 aliphatic rings. The second-order valence-electron chi connectivity index (χ2n) is 10.8. The third-order valence-corrected chi connectivity index (χ3v) is 9.41. The highest BCUT2D eigenvalue weighted by Crippen LogP contribution is 2.64. The van der Waals surface area contributed by atoms with E-state index >= 15 is 0 Å². The number of nitrogens with zero attached hydrogens (tertiary/aromatic N) is 2. The summed E-state index contributed by atoms with van der Waals surface area (Å²) in [5.74, 6) is -1.63. The number of amides is 2. The molecule has 5 aromatic carbocycles. The van der Waals surface area contributed by atoms with E-state index in [1.54, 1.807) is 0 Å². The summed E-state index contributed by atoms with van der Waals surface area (Å²) in [7, 11) is 0. The fourth-order valence-electron chi connectivity index (χ4n) is 7.42. The van der Waals surface area contributed by atoms with Crippen molar-refractivity contribution >= 4 is 56.1 Å². The van der Waals surface area contributed by atoms with Gasteiger partial charge in [-0.1, -0.05) is 107 Å². The van der Waals surface area contributed by atoms with Crippen LogP contribution in [-0.2, 0) is 15.0 Å². The van der Waals surface area contributed by atoms with Gasteiger partial charge in [0.2, 0.25) is 11.8 Å². The maximum absolute atomic E-state index is 14.7. The smallest absolute Gasteiger partial charge is 0.239 e. The predicted molar refractivity (Wildman–Crippen MR) is 161 cm³/mol. The Morgan fingerprint density at radius 3 is 2.12 bits per heavy atom. The summed E-state index contributed by atoms with van der Waals surface area (Å²) in [4.78, 5) is 35.7. The summed E-state index contributed by atoms with van der Waals surface area (Å²) in [6.45, 7) is 0. The number of hydrogen-bond donors (Lipinski definition) is 0. The highest BCUT2D eigenvalue weighted by atomic mass is 79.9. The number of carbonyl (C=O) groups excluding carboxylic acids is 2. The van der Waals surface area contributed by atoms with Gasteiger partial charge in [-0.05, 0) is 51.9 Å². The molecule has 192 valence electrons. The molecule has 2 atom stereocenters. The summed E-state index contributed by atoms with van der Waals surface area (Å²) < 4.78 is 0.930. The number of rotatable bonds is 3. The molecular weight excluding hydrogens is 560 g/mol. The van der Waals surface area contributed by atoms with Crippen molar-refractivity contribution in [2.24, 2.45) is 16.8 Å². The van der Waals surface area contributed by atoms with Crippen molar-refractivity contribution in [3.8, 4) is 0 Å². The molecule has 0 spiro atoms. The van der Waals surface area contributed by atoms with Crippen molar-refractivity contribution in [2.45, 2.75) is 11.3 Å². The molecule has 5 aromatic rings. The van der Waals surface area contributed by atoms with Gasteiger partial charge in [-0.2, -0.15) is 0 Å². The van der Waals surface area contributed by atoms with Crippen LogP contribution in [0.3, 0.4) is 0 Å². The van der Waals surface area contributed by atoms with E-state index in [2.05, 4.69) is 40.2 Å². The maximum atomic E-state index is 14.7. The topological polar surface area (TPSA) is 49.7 Å². The Bertz CT molecular complexity index is 1860. The summed E-state index contributed by atoms with van der Waals surface area (Å²) >= 11 is 3.55. The van der Waals surface area contributed by atoms with Gasteiger partial charge >= 0.3 is 0 Å². The van der Waals surface area contributed by atoms with Crippen molar-refractivity contribution < 1.29 is 9.59 Å². The molecule has 3 aliphatic carbocycles. The quantitative estimate of drug-likeness (QED) is 0.163. The first kappa shape index (κ1) is 23.5. The van der Waals surface area contributed by atoms with Crippen LogP contribution >= 0.6 is 15.9 Å². The lowest BCUT2D eigenvalue weighted by Gasteiger charge is -2.52. The second kappa shape index (κ2) is 8.57. The van der Waals surface area contributed by atoms with Gasteiger partial charge in [0.05, 0.1) is 28.6 Å². The molecule has 1 saturated heterocycles. The molecule has 0 aromatic heterocycles. The van der Waals surface area contributed by atoms with Crippen LogP contribution in [0, 0.1) is 11.8 Å². The van der Waals surface area contributed by atoms with Crippen LogP contribution in [0.1, 0.15) is 28.2 Å². The Balaban J connectivity index is 1.40. The average Bonchev–Trinajstić information content (AvgIpc) is 3.26. The second-order valence-corrected chi connectivity index (χ2v) is 11.7. The van der Waals surface area contributed by atoms with Gasteiger partial charge in [0.1, 0.15) is 0 Å². The maximum Gasteiger partial charge on any atom is 0.239 e. The molecule has 1 heterocycles. The Hall–Kier alpha value is -4.35. The monoisotopic (exact) mass is 582 g/mol. The van der Waals surface area contributed by atoms with E-state index in [9.17, 15) is 9.59 Å². The van der Waals surface area contributed by atoms with Crippen LogP contribution in [0.4, 0.5) is 11.4 Å². The number of aliphatic imine (C=N–C) groups is 1. The molecule has 1 aliphatic heterocycles.